The SMILES string of the molecule is CN1CCCC(CNCc2ccc3c(c2)CCO3)C1. The highest BCUT2D eigenvalue weighted by Crippen LogP contribution is 2.25. The molecular formula is C16H24N2O. The number of nitrogens with one attached hydrogen (secondary N) is 1. The number of ether oxygens (including phenoxy) is 1. The number of fused-ring (bicyclic) bond motifs is 1. The molecule has 1 atom stereocenters. The van der Waals surface area contributed by atoms with Crippen LogP contribution in [0.3, 0.4) is 0 Å². The van der Waals surface area contributed by atoms with Crippen LogP contribution >= 0.6 is 0 Å². The molecule has 1 unspecified atom stereocenters. The number of likely N-dealkylation sites (tertiary alicyclic amines) is 1. The minimum Gasteiger partial charge on any atom is -0.493 e. The fourth-order valence-electron chi connectivity index (χ4n) is 3.21. The van der Waals surface area contributed by atoms with E-state index in [0.29, 0.717) is 0 Å². The maximum absolute atomic E-state index is 5.54. The lowest BCUT2D eigenvalue weighted by molar-refractivity contribution is 0.206. The van der Waals surface area contributed by atoms with Gasteiger partial charge in [-0.2, -0.15) is 0 Å². The Morgan fingerprint density at radius 3 is 3.26 bits per heavy atom. The Kier molecular flexibility index (Phi) is 4.04. The van der Waals surface area contributed by atoms with E-state index < -0.39 is 0 Å². The summed E-state index contributed by atoms with van der Waals surface area (Å²) >= 11 is 0. The van der Waals surface area contributed by atoms with E-state index in [9.17, 15) is 0 Å². The Hall–Kier alpha value is -1.06. The molecule has 1 aromatic carbocycles. The molecule has 0 radical (unpaired) electrons. The summed E-state index contributed by atoms with van der Waals surface area (Å²) in [6.07, 6.45) is 3.78. The van der Waals surface area contributed by atoms with Crippen molar-refractivity contribution < 1.29 is 4.74 Å². The van der Waals surface area contributed by atoms with E-state index in [1.807, 2.05) is 0 Å². The van der Waals surface area contributed by atoms with Crippen LogP contribution in [0.1, 0.15) is 24.0 Å². The first kappa shape index (κ1) is 12.9. The predicted octanol–water partition coefficient (Wildman–Crippen LogP) is 2.05. The summed E-state index contributed by atoms with van der Waals surface area (Å²) in [4.78, 5) is 2.45. The summed E-state index contributed by atoms with van der Waals surface area (Å²) in [5.41, 5.74) is 2.75. The van der Waals surface area contributed by atoms with Crippen molar-refractivity contribution in [2.24, 2.45) is 5.92 Å². The zero-order valence-electron chi connectivity index (χ0n) is 11.8. The first-order chi connectivity index (χ1) is 9.31. The van der Waals surface area contributed by atoms with E-state index in [4.69, 9.17) is 4.74 Å². The highest BCUT2D eigenvalue weighted by Gasteiger charge is 2.16. The van der Waals surface area contributed by atoms with Crippen LogP contribution in [0.4, 0.5) is 0 Å². The fraction of sp³-hybridized carbons (Fsp3) is 0.625. The maximum atomic E-state index is 5.54. The highest BCUT2D eigenvalue weighted by molar-refractivity contribution is 5.39. The lowest BCUT2D eigenvalue weighted by atomic mass is 9.98. The van der Waals surface area contributed by atoms with Gasteiger partial charge < -0.3 is 15.0 Å². The molecule has 0 aliphatic carbocycles. The number of hydrogen-bond acceptors (Lipinski definition) is 3. The summed E-state index contributed by atoms with van der Waals surface area (Å²) in [7, 11) is 2.23. The second-order valence-electron chi connectivity index (χ2n) is 5.94. The van der Waals surface area contributed by atoms with Crippen molar-refractivity contribution in [1.29, 1.82) is 0 Å². The van der Waals surface area contributed by atoms with Gasteiger partial charge in [-0.25, -0.2) is 0 Å². The molecule has 0 bridgehead atoms. The van der Waals surface area contributed by atoms with Crippen molar-refractivity contribution in [3.8, 4) is 5.75 Å². The molecule has 2 aliphatic heterocycles. The summed E-state index contributed by atoms with van der Waals surface area (Å²) in [5.74, 6) is 1.90. The van der Waals surface area contributed by atoms with Crippen LogP contribution in [0.2, 0.25) is 0 Å². The minimum absolute atomic E-state index is 0.816. The van der Waals surface area contributed by atoms with Gasteiger partial charge in [-0.05, 0) is 56.1 Å². The van der Waals surface area contributed by atoms with Crippen molar-refractivity contribution >= 4 is 0 Å². The van der Waals surface area contributed by atoms with E-state index in [2.05, 4.69) is 35.5 Å². The summed E-state index contributed by atoms with van der Waals surface area (Å²) in [6.45, 7) is 5.47. The third-order valence-electron chi connectivity index (χ3n) is 4.24. The Morgan fingerprint density at radius 2 is 2.37 bits per heavy atom. The van der Waals surface area contributed by atoms with Crippen molar-refractivity contribution in [2.45, 2.75) is 25.8 Å². The van der Waals surface area contributed by atoms with Gasteiger partial charge >= 0.3 is 0 Å². The Bertz CT molecular complexity index is 433. The molecular weight excluding hydrogens is 236 g/mol. The average molecular weight is 260 g/mol. The minimum atomic E-state index is 0.816. The molecule has 1 N–H and O–H groups in total. The van der Waals surface area contributed by atoms with E-state index in [1.165, 1.54) is 37.1 Å². The largest absolute Gasteiger partial charge is 0.493 e. The van der Waals surface area contributed by atoms with E-state index >= 15 is 0 Å². The molecule has 1 fully saturated rings. The van der Waals surface area contributed by atoms with E-state index in [0.717, 1.165) is 37.8 Å². The first-order valence-electron chi connectivity index (χ1n) is 7.45. The Labute approximate surface area is 115 Å². The number of rotatable bonds is 4. The summed E-state index contributed by atoms with van der Waals surface area (Å²) in [5, 5.41) is 3.62. The molecule has 19 heavy (non-hydrogen) atoms. The maximum Gasteiger partial charge on any atom is 0.122 e. The fourth-order valence-corrected chi connectivity index (χ4v) is 3.21. The number of hydrogen-bond donors (Lipinski definition) is 1. The normalized spacial score (nSPS) is 23.1. The van der Waals surface area contributed by atoms with Crippen LogP contribution in [0.25, 0.3) is 0 Å². The van der Waals surface area contributed by atoms with E-state index in [1.54, 1.807) is 0 Å². The Balaban J connectivity index is 1.47. The second-order valence-corrected chi connectivity index (χ2v) is 5.94. The summed E-state index contributed by atoms with van der Waals surface area (Å²) < 4.78 is 5.54. The Morgan fingerprint density at radius 1 is 1.42 bits per heavy atom. The lowest BCUT2D eigenvalue weighted by Crippen LogP contribution is -2.37. The molecule has 3 rings (SSSR count). The van der Waals surface area contributed by atoms with Crippen LogP contribution < -0.4 is 10.1 Å². The standard InChI is InChI=1S/C16H24N2O/c1-18-7-2-3-14(12-18)11-17-10-13-4-5-16-15(9-13)6-8-19-16/h4-5,9,14,17H,2-3,6-8,10-12H2,1H3. The van der Waals surface area contributed by atoms with Gasteiger partial charge in [0.25, 0.3) is 0 Å². The van der Waals surface area contributed by atoms with Crippen LogP contribution in [-0.4, -0.2) is 38.2 Å². The van der Waals surface area contributed by atoms with Gasteiger partial charge in [0.1, 0.15) is 5.75 Å². The smallest absolute Gasteiger partial charge is 0.122 e. The van der Waals surface area contributed by atoms with Crippen LogP contribution in [0.15, 0.2) is 18.2 Å². The molecule has 3 nitrogen and oxygen atoms in total. The van der Waals surface area contributed by atoms with Gasteiger partial charge in [0.2, 0.25) is 0 Å². The van der Waals surface area contributed by atoms with Crippen molar-refractivity contribution in [3.05, 3.63) is 29.3 Å². The lowest BCUT2D eigenvalue weighted by Gasteiger charge is -2.29. The number of piperidine rings is 1. The third kappa shape index (κ3) is 3.28. The molecule has 1 aromatic rings. The molecule has 104 valence electrons. The zero-order valence-corrected chi connectivity index (χ0v) is 11.8. The highest BCUT2D eigenvalue weighted by atomic mass is 16.5. The number of benzene rings is 1. The molecule has 1 saturated heterocycles. The first-order valence-corrected chi connectivity index (χ1v) is 7.45. The third-order valence-corrected chi connectivity index (χ3v) is 4.24. The molecule has 0 spiro atoms. The second kappa shape index (κ2) is 5.93. The van der Waals surface area contributed by atoms with E-state index in [-0.39, 0.29) is 0 Å². The van der Waals surface area contributed by atoms with Gasteiger partial charge in [-0.3, -0.25) is 0 Å². The summed E-state index contributed by atoms with van der Waals surface area (Å²) in [6, 6.07) is 6.60. The van der Waals surface area contributed by atoms with Gasteiger partial charge in [0, 0.05) is 19.5 Å². The van der Waals surface area contributed by atoms with Crippen LogP contribution in [0, 0.1) is 5.92 Å². The number of nitrogens with zero attached hydrogens (tertiary/aromatic N) is 1. The van der Waals surface area contributed by atoms with Gasteiger partial charge in [0.15, 0.2) is 0 Å². The molecule has 2 aliphatic rings. The van der Waals surface area contributed by atoms with Crippen LogP contribution in [-0.2, 0) is 13.0 Å². The predicted molar refractivity (Wildman–Crippen MR) is 77.6 cm³/mol. The molecule has 0 amide bonds. The van der Waals surface area contributed by atoms with Crippen molar-refractivity contribution in [2.75, 3.05) is 33.3 Å². The average Bonchev–Trinajstić information content (AvgIpc) is 2.86. The molecule has 2 heterocycles. The molecule has 0 saturated carbocycles. The van der Waals surface area contributed by atoms with Crippen LogP contribution in [0.5, 0.6) is 5.75 Å². The zero-order chi connectivity index (χ0) is 13.1. The topological polar surface area (TPSA) is 24.5 Å². The van der Waals surface area contributed by atoms with Gasteiger partial charge in [0.05, 0.1) is 6.61 Å². The van der Waals surface area contributed by atoms with Crippen molar-refractivity contribution in [1.82, 2.24) is 10.2 Å². The van der Waals surface area contributed by atoms with Crippen molar-refractivity contribution in [3.63, 3.8) is 0 Å². The monoisotopic (exact) mass is 260 g/mol. The quantitative estimate of drug-likeness (QED) is 0.897. The molecule has 0 aromatic heterocycles. The van der Waals surface area contributed by atoms with Gasteiger partial charge in [-0.15, -0.1) is 0 Å². The molecule has 3 heteroatoms. The van der Waals surface area contributed by atoms with Gasteiger partial charge in [-0.1, -0.05) is 12.1 Å².